The first kappa shape index (κ1) is 18.8. The number of amides is 4. The number of hydrogen-bond acceptors (Lipinski definition) is 3. The average Bonchev–Trinajstić information content (AvgIpc) is 2.83. The molecule has 1 heterocycles. The third-order valence-corrected chi connectivity index (χ3v) is 4.42. The van der Waals surface area contributed by atoms with Crippen LogP contribution in [0.3, 0.4) is 0 Å². The molecule has 0 aliphatic carbocycles. The van der Waals surface area contributed by atoms with Gasteiger partial charge in [-0.05, 0) is 49.4 Å². The summed E-state index contributed by atoms with van der Waals surface area (Å²) in [4.78, 5) is 37.7. The molecule has 1 atom stereocenters. The van der Waals surface area contributed by atoms with Gasteiger partial charge in [-0.1, -0.05) is 11.6 Å². The van der Waals surface area contributed by atoms with Gasteiger partial charge in [0.05, 0.1) is 0 Å². The van der Waals surface area contributed by atoms with Gasteiger partial charge in [0.25, 0.3) is 5.91 Å². The summed E-state index contributed by atoms with van der Waals surface area (Å²) in [5.41, 5.74) is -1.71. The number of benzene rings is 2. The highest BCUT2D eigenvalue weighted by molar-refractivity contribution is 6.30. The summed E-state index contributed by atoms with van der Waals surface area (Å²) in [6, 6.07) is 7.97. The van der Waals surface area contributed by atoms with Gasteiger partial charge in [0.2, 0.25) is 5.91 Å². The van der Waals surface area contributed by atoms with Gasteiger partial charge in [0, 0.05) is 16.3 Å². The number of anilines is 1. The molecule has 140 valence electrons. The smallest absolute Gasteiger partial charge is 0.325 e. The van der Waals surface area contributed by atoms with Crippen LogP contribution in [0.5, 0.6) is 0 Å². The Labute approximate surface area is 158 Å². The molecule has 2 aromatic carbocycles. The third kappa shape index (κ3) is 3.61. The van der Waals surface area contributed by atoms with Crippen molar-refractivity contribution in [3.05, 3.63) is 64.7 Å². The summed E-state index contributed by atoms with van der Waals surface area (Å²) in [5.74, 6) is -3.10. The summed E-state index contributed by atoms with van der Waals surface area (Å²) >= 11 is 5.76. The standard InChI is InChI=1S/C18H14ClF2N3O3/c1-18(13-8-11(20)4-7-14(13)21)16(26)24(17(27)23-18)9-15(25)22-12-5-2-10(19)3-6-12/h2-8H,9H2,1H3,(H,22,25)(H,23,27). The van der Waals surface area contributed by atoms with Gasteiger partial charge in [0.15, 0.2) is 0 Å². The maximum Gasteiger partial charge on any atom is 0.325 e. The van der Waals surface area contributed by atoms with Crippen molar-refractivity contribution >= 4 is 35.1 Å². The fraction of sp³-hybridized carbons (Fsp3) is 0.167. The summed E-state index contributed by atoms with van der Waals surface area (Å²) in [6.45, 7) is 0.669. The molecule has 0 radical (unpaired) electrons. The lowest BCUT2D eigenvalue weighted by Crippen LogP contribution is -2.42. The Hall–Kier alpha value is -3.00. The van der Waals surface area contributed by atoms with Gasteiger partial charge in [-0.2, -0.15) is 0 Å². The number of nitrogens with zero attached hydrogens (tertiary/aromatic N) is 1. The molecule has 0 saturated carbocycles. The van der Waals surface area contributed by atoms with Gasteiger partial charge in [-0.15, -0.1) is 0 Å². The molecule has 1 saturated heterocycles. The lowest BCUT2D eigenvalue weighted by atomic mass is 9.91. The minimum atomic E-state index is -1.82. The van der Waals surface area contributed by atoms with E-state index in [1.54, 1.807) is 24.3 Å². The zero-order chi connectivity index (χ0) is 19.8. The summed E-state index contributed by atoms with van der Waals surface area (Å²) in [5, 5.41) is 5.33. The lowest BCUT2D eigenvalue weighted by molar-refractivity contribution is -0.133. The number of carbonyl (C=O) groups excluding carboxylic acids is 3. The monoisotopic (exact) mass is 393 g/mol. The van der Waals surface area contributed by atoms with Crippen LogP contribution in [0.1, 0.15) is 12.5 Å². The highest BCUT2D eigenvalue weighted by Crippen LogP contribution is 2.31. The molecule has 3 rings (SSSR count). The summed E-state index contributed by atoms with van der Waals surface area (Å²) < 4.78 is 27.6. The number of carbonyl (C=O) groups is 3. The molecular weight excluding hydrogens is 380 g/mol. The average molecular weight is 394 g/mol. The van der Waals surface area contributed by atoms with Gasteiger partial charge < -0.3 is 10.6 Å². The van der Waals surface area contributed by atoms with E-state index in [0.29, 0.717) is 15.6 Å². The minimum Gasteiger partial charge on any atom is -0.325 e. The molecule has 27 heavy (non-hydrogen) atoms. The van der Waals surface area contributed by atoms with Crippen molar-refractivity contribution in [1.82, 2.24) is 10.2 Å². The summed E-state index contributed by atoms with van der Waals surface area (Å²) in [7, 11) is 0. The molecule has 0 bridgehead atoms. The quantitative estimate of drug-likeness (QED) is 0.784. The van der Waals surface area contributed by atoms with Gasteiger partial charge in [-0.25, -0.2) is 13.6 Å². The maximum absolute atomic E-state index is 14.1. The largest absolute Gasteiger partial charge is 0.325 e. The zero-order valence-corrected chi connectivity index (χ0v) is 14.8. The Kier molecular flexibility index (Phi) is 4.84. The zero-order valence-electron chi connectivity index (χ0n) is 14.1. The van der Waals surface area contributed by atoms with Crippen LogP contribution in [0.25, 0.3) is 0 Å². The Morgan fingerprint density at radius 3 is 2.52 bits per heavy atom. The van der Waals surface area contributed by atoms with E-state index >= 15 is 0 Å². The van der Waals surface area contributed by atoms with E-state index in [1.807, 2.05) is 0 Å². The first-order valence-corrected chi connectivity index (χ1v) is 8.23. The van der Waals surface area contributed by atoms with E-state index < -0.39 is 41.6 Å². The molecule has 6 nitrogen and oxygen atoms in total. The lowest BCUT2D eigenvalue weighted by Gasteiger charge is -2.22. The van der Waals surface area contributed by atoms with Crippen LogP contribution in [0.2, 0.25) is 5.02 Å². The second-order valence-corrected chi connectivity index (χ2v) is 6.56. The Morgan fingerprint density at radius 1 is 1.19 bits per heavy atom. The molecule has 2 aromatic rings. The van der Waals surface area contributed by atoms with Gasteiger partial charge in [-0.3, -0.25) is 14.5 Å². The molecular formula is C18H14ClF2N3O3. The van der Waals surface area contributed by atoms with Crippen molar-refractivity contribution in [2.75, 3.05) is 11.9 Å². The van der Waals surface area contributed by atoms with Crippen LogP contribution < -0.4 is 10.6 Å². The van der Waals surface area contributed by atoms with Crippen molar-refractivity contribution in [3.63, 3.8) is 0 Å². The molecule has 0 spiro atoms. The predicted octanol–water partition coefficient (Wildman–Crippen LogP) is 3.02. The molecule has 4 amide bonds. The van der Waals surface area contributed by atoms with Gasteiger partial charge >= 0.3 is 6.03 Å². The van der Waals surface area contributed by atoms with Gasteiger partial charge in [0.1, 0.15) is 23.7 Å². The topological polar surface area (TPSA) is 78.5 Å². The Bertz CT molecular complexity index is 936. The SMILES string of the molecule is CC1(c2cc(F)ccc2F)NC(=O)N(CC(=O)Nc2ccc(Cl)cc2)C1=O. The van der Waals surface area contributed by atoms with Crippen LogP contribution >= 0.6 is 11.6 Å². The number of halogens is 3. The van der Waals surface area contributed by atoms with Crippen molar-refractivity contribution < 1.29 is 23.2 Å². The van der Waals surface area contributed by atoms with Crippen molar-refractivity contribution in [2.24, 2.45) is 0 Å². The highest BCUT2D eigenvalue weighted by Gasteiger charge is 2.50. The fourth-order valence-electron chi connectivity index (χ4n) is 2.78. The maximum atomic E-state index is 14.1. The van der Waals surface area contributed by atoms with Crippen LogP contribution in [-0.2, 0) is 15.1 Å². The molecule has 1 aliphatic rings. The van der Waals surface area contributed by atoms with E-state index in [1.165, 1.54) is 6.92 Å². The number of hydrogen-bond donors (Lipinski definition) is 2. The van der Waals surface area contributed by atoms with E-state index in [4.69, 9.17) is 11.6 Å². The van der Waals surface area contributed by atoms with E-state index in [-0.39, 0.29) is 5.56 Å². The molecule has 1 unspecified atom stereocenters. The third-order valence-electron chi connectivity index (χ3n) is 4.17. The second-order valence-electron chi connectivity index (χ2n) is 6.13. The van der Waals surface area contributed by atoms with E-state index in [2.05, 4.69) is 10.6 Å². The molecule has 0 aromatic heterocycles. The molecule has 1 aliphatic heterocycles. The molecule has 9 heteroatoms. The first-order valence-electron chi connectivity index (χ1n) is 7.86. The van der Waals surface area contributed by atoms with E-state index in [0.717, 1.165) is 18.2 Å². The van der Waals surface area contributed by atoms with Crippen molar-refractivity contribution in [1.29, 1.82) is 0 Å². The Morgan fingerprint density at radius 2 is 1.85 bits per heavy atom. The normalized spacial score (nSPS) is 19.2. The number of imide groups is 1. The second kappa shape index (κ2) is 6.96. The van der Waals surface area contributed by atoms with E-state index in [9.17, 15) is 23.2 Å². The van der Waals surface area contributed by atoms with Crippen LogP contribution in [0, 0.1) is 11.6 Å². The van der Waals surface area contributed by atoms with Crippen LogP contribution in [0.4, 0.5) is 19.3 Å². The molecule has 1 fully saturated rings. The van der Waals surface area contributed by atoms with Crippen LogP contribution in [0.15, 0.2) is 42.5 Å². The Balaban J connectivity index is 1.78. The van der Waals surface area contributed by atoms with Crippen molar-refractivity contribution in [3.8, 4) is 0 Å². The van der Waals surface area contributed by atoms with Crippen LogP contribution in [-0.4, -0.2) is 29.3 Å². The molecule has 2 N–H and O–H groups in total. The number of urea groups is 1. The minimum absolute atomic E-state index is 0.318. The first-order chi connectivity index (χ1) is 12.7. The predicted molar refractivity (Wildman–Crippen MR) is 94.0 cm³/mol. The number of nitrogens with one attached hydrogen (secondary N) is 2. The number of rotatable bonds is 4. The highest BCUT2D eigenvalue weighted by atomic mass is 35.5. The fourth-order valence-corrected chi connectivity index (χ4v) is 2.91. The summed E-state index contributed by atoms with van der Waals surface area (Å²) in [6.07, 6.45) is 0. The van der Waals surface area contributed by atoms with Crippen molar-refractivity contribution in [2.45, 2.75) is 12.5 Å².